The Morgan fingerprint density at radius 1 is 1.26 bits per heavy atom. The number of hydrogen-bond donors (Lipinski definition) is 2. The summed E-state index contributed by atoms with van der Waals surface area (Å²) in [6, 6.07) is -2.39. The molecule has 5 heterocycles. The molecule has 4 atom stereocenters. The lowest BCUT2D eigenvalue weighted by Gasteiger charge is -2.49. The molecule has 16 nitrogen and oxygen atoms in total. The molecule has 19 heteroatoms. The molecule has 3 saturated heterocycles. The molecule has 0 saturated carbocycles. The van der Waals surface area contributed by atoms with Gasteiger partial charge < -0.3 is 30.3 Å². The average molecular weight is 643 g/mol. The molecule has 2 unspecified atom stereocenters. The van der Waals surface area contributed by atoms with Crippen LogP contribution in [0, 0.1) is 0 Å². The molecular formula is C23H26N6O10S3. The van der Waals surface area contributed by atoms with Crippen LogP contribution in [0.5, 0.6) is 0 Å². The predicted octanol–water partition coefficient (Wildman–Crippen LogP) is -1.07. The fourth-order valence-corrected chi connectivity index (χ4v) is 9.12. The van der Waals surface area contributed by atoms with Crippen LogP contribution in [0.1, 0.15) is 32.9 Å². The van der Waals surface area contributed by atoms with Crippen molar-refractivity contribution in [3.63, 3.8) is 0 Å². The summed E-state index contributed by atoms with van der Waals surface area (Å²) in [5.41, 5.74) is 6.07. The standard InChI is InChI=1S/C23H26N6O10S3/c1-9-6-40-19-14(26-17(31)13(27-37-4)10-7-41-22(24)25-10)18(32)29(19)15(9)20(33)38-8-39-21(34)16-23(2,3)42(35,36)12-5-11(30)28(12)16/h7,12,14,16,19H,5-6,8H2,1-4H3,(H2,24,25)(H,26,31)/b27-13+/t12?,14-,16?,19-/m1/s1. The van der Waals surface area contributed by atoms with Crippen molar-refractivity contribution in [1.29, 1.82) is 0 Å². The maximum absolute atomic E-state index is 13.1. The van der Waals surface area contributed by atoms with Crippen molar-refractivity contribution in [1.82, 2.24) is 20.1 Å². The Labute approximate surface area is 247 Å². The van der Waals surface area contributed by atoms with E-state index in [9.17, 15) is 32.4 Å². The third-order valence-electron chi connectivity index (χ3n) is 7.39. The minimum atomic E-state index is -3.82. The lowest BCUT2D eigenvalue weighted by molar-refractivity contribution is -0.175. The number of sulfone groups is 1. The number of oxime groups is 1. The molecule has 4 aliphatic rings. The Bertz CT molecular complexity index is 1570. The molecule has 4 aliphatic heterocycles. The molecule has 1 aromatic heterocycles. The molecular weight excluding hydrogens is 616 g/mol. The number of thiazole rings is 1. The van der Waals surface area contributed by atoms with Crippen molar-refractivity contribution in [2.24, 2.45) is 5.16 Å². The summed E-state index contributed by atoms with van der Waals surface area (Å²) in [5.74, 6) is -3.47. The van der Waals surface area contributed by atoms with Gasteiger partial charge in [0.25, 0.3) is 11.8 Å². The zero-order chi connectivity index (χ0) is 30.7. The highest BCUT2D eigenvalue weighted by molar-refractivity contribution is 8.00. The number of fused-ring (bicyclic) bond motifs is 2. The van der Waals surface area contributed by atoms with Gasteiger partial charge in [0.15, 0.2) is 20.7 Å². The van der Waals surface area contributed by atoms with Crippen LogP contribution in [0.25, 0.3) is 0 Å². The van der Waals surface area contributed by atoms with E-state index >= 15 is 0 Å². The van der Waals surface area contributed by atoms with E-state index < -0.39 is 73.9 Å². The quantitative estimate of drug-likeness (QED) is 0.114. The normalized spacial score (nSPS) is 27.4. The summed E-state index contributed by atoms with van der Waals surface area (Å²) in [7, 11) is -2.57. The Hall–Kier alpha value is -3.71. The molecule has 0 aromatic carbocycles. The number of nitrogens with zero attached hydrogens (tertiary/aromatic N) is 4. The van der Waals surface area contributed by atoms with Gasteiger partial charge in [-0.3, -0.25) is 19.3 Å². The van der Waals surface area contributed by atoms with E-state index in [1.807, 2.05) is 0 Å². The van der Waals surface area contributed by atoms with E-state index in [1.165, 1.54) is 43.0 Å². The van der Waals surface area contributed by atoms with Crippen molar-refractivity contribution in [3.8, 4) is 0 Å². The van der Waals surface area contributed by atoms with Crippen molar-refractivity contribution in [3.05, 3.63) is 22.3 Å². The molecule has 3 amide bonds. The largest absolute Gasteiger partial charge is 0.426 e. The summed E-state index contributed by atoms with van der Waals surface area (Å²) in [6.07, 6.45) is -0.206. The molecule has 0 radical (unpaired) electrons. The number of ether oxygens (including phenoxy) is 2. The predicted molar refractivity (Wildman–Crippen MR) is 147 cm³/mol. The van der Waals surface area contributed by atoms with E-state index in [0.29, 0.717) is 11.3 Å². The van der Waals surface area contributed by atoms with Crippen LogP contribution in [0.2, 0.25) is 0 Å². The molecule has 42 heavy (non-hydrogen) atoms. The smallest absolute Gasteiger partial charge is 0.357 e. The number of β-lactam (4-membered cyclic amide) rings is 2. The van der Waals surface area contributed by atoms with Gasteiger partial charge in [-0.05, 0) is 26.3 Å². The third kappa shape index (κ3) is 4.49. The summed E-state index contributed by atoms with van der Waals surface area (Å²) >= 11 is 2.41. The Balaban J connectivity index is 1.21. The van der Waals surface area contributed by atoms with Gasteiger partial charge in [-0.25, -0.2) is 23.0 Å². The SMILES string of the molecule is CO/N=C(/C(=O)N[C@@H]1C(=O)N2C(C(=O)OCOC(=O)C3N4C(=O)CC4S(=O)(=O)C3(C)C)=C(C)CS[C@H]12)c1csc(N)n1. The number of aromatic nitrogens is 1. The van der Waals surface area contributed by atoms with Crippen molar-refractivity contribution in [2.45, 2.75) is 54.8 Å². The maximum Gasteiger partial charge on any atom is 0.357 e. The first-order chi connectivity index (χ1) is 19.7. The second-order valence-electron chi connectivity index (χ2n) is 10.2. The van der Waals surface area contributed by atoms with Crippen molar-refractivity contribution < 1.29 is 46.7 Å². The van der Waals surface area contributed by atoms with Gasteiger partial charge >= 0.3 is 11.9 Å². The number of esters is 2. The van der Waals surface area contributed by atoms with E-state index in [0.717, 1.165) is 16.2 Å². The van der Waals surface area contributed by atoms with Crippen LogP contribution in [0.15, 0.2) is 21.8 Å². The van der Waals surface area contributed by atoms with Gasteiger partial charge in [-0.1, -0.05) is 5.16 Å². The highest BCUT2D eigenvalue weighted by Crippen LogP contribution is 2.46. The Kier molecular flexibility index (Phi) is 7.46. The number of carbonyl (C=O) groups excluding carboxylic acids is 5. The minimum Gasteiger partial charge on any atom is -0.426 e. The number of nitrogens with one attached hydrogen (secondary N) is 1. The number of anilines is 1. The third-order valence-corrected chi connectivity index (χ3v) is 12.3. The van der Waals surface area contributed by atoms with Gasteiger partial charge in [0.1, 0.15) is 41.3 Å². The molecule has 0 bridgehead atoms. The van der Waals surface area contributed by atoms with Gasteiger partial charge in [-0.15, -0.1) is 23.1 Å². The monoisotopic (exact) mass is 642 g/mol. The molecule has 5 rings (SSSR count). The topological polar surface area (TPSA) is 217 Å². The maximum atomic E-state index is 13.1. The van der Waals surface area contributed by atoms with Crippen LogP contribution in [-0.2, 0) is 48.1 Å². The number of carbonyl (C=O) groups is 5. The Morgan fingerprint density at radius 2 is 1.98 bits per heavy atom. The number of amides is 3. The second-order valence-corrected chi connectivity index (χ2v) is 14.9. The molecule has 0 aliphatic carbocycles. The van der Waals surface area contributed by atoms with Gasteiger partial charge in [0.05, 0.1) is 11.2 Å². The first-order valence-electron chi connectivity index (χ1n) is 12.4. The Morgan fingerprint density at radius 3 is 2.60 bits per heavy atom. The number of nitrogen functional groups attached to an aromatic ring is 1. The highest BCUT2D eigenvalue weighted by Gasteiger charge is 2.68. The molecule has 3 fully saturated rings. The average Bonchev–Trinajstić information content (AvgIpc) is 3.40. The first-order valence-corrected chi connectivity index (χ1v) is 15.9. The van der Waals surface area contributed by atoms with Crippen molar-refractivity contribution >= 4 is 73.4 Å². The highest BCUT2D eigenvalue weighted by atomic mass is 32.2. The molecule has 226 valence electrons. The minimum absolute atomic E-state index is 0.0647. The number of rotatable bonds is 8. The first kappa shape index (κ1) is 29.8. The van der Waals surface area contributed by atoms with Gasteiger partial charge in [0.2, 0.25) is 12.7 Å². The van der Waals surface area contributed by atoms with E-state index in [2.05, 4.69) is 15.5 Å². The molecule has 3 N–H and O–H groups in total. The summed E-state index contributed by atoms with van der Waals surface area (Å²) in [4.78, 5) is 74.8. The second kappa shape index (κ2) is 10.5. The molecule has 1 aromatic rings. The fourth-order valence-electron chi connectivity index (χ4n) is 5.16. The van der Waals surface area contributed by atoms with Crippen LogP contribution in [-0.4, -0.2) is 106 Å². The fraction of sp³-hybridized carbons (Fsp3) is 0.522. The van der Waals surface area contributed by atoms with Crippen LogP contribution < -0.4 is 11.1 Å². The summed E-state index contributed by atoms with van der Waals surface area (Å²) in [5, 5.41) is 6.27. The lowest BCUT2D eigenvalue weighted by atomic mass is 9.98. The van der Waals surface area contributed by atoms with Gasteiger partial charge in [0, 0.05) is 11.1 Å². The summed E-state index contributed by atoms with van der Waals surface area (Å²) < 4.78 is 34.0. The van der Waals surface area contributed by atoms with Gasteiger partial charge in [-0.2, -0.15) is 0 Å². The van der Waals surface area contributed by atoms with Crippen molar-refractivity contribution in [2.75, 3.05) is 25.4 Å². The molecule has 0 spiro atoms. The number of hydrogen-bond acceptors (Lipinski definition) is 15. The number of thioether (sulfide) groups is 1. The van der Waals surface area contributed by atoms with E-state index in [4.69, 9.17) is 20.0 Å². The van der Waals surface area contributed by atoms with Crippen LogP contribution in [0.4, 0.5) is 5.13 Å². The lowest BCUT2D eigenvalue weighted by Crippen LogP contribution is -2.71. The van der Waals surface area contributed by atoms with Crippen LogP contribution in [0.3, 0.4) is 0 Å². The summed E-state index contributed by atoms with van der Waals surface area (Å²) in [6.45, 7) is 3.42. The zero-order valence-electron chi connectivity index (χ0n) is 22.7. The van der Waals surface area contributed by atoms with E-state index in [1.54, 1.807) is 6.92 Å². The van der Waals surface area contributed by atoms with E-state index in [-0.39, 0.29) is 28.7 Å². The number of nitrogens with two attached hydrogens (primary N) is 1. The van der Waals surface area contributed by atoms with Crippen LogP contribution >= 0.6 is 23.1 Å². The zero-order valence-corrected chi connectivity index (χ0v) is 25.1.